The molecular weight excluding hydrogens is 248 g/mol. The highest BCUT2D eigenvalue weighted by molar-refractivity contribution is 5.41. The molecule has 1 saturated heterocycles. The Balaban J connectivity index is 2.22. The molecule has 0 saturated carbocycles. The van der Waals surface area contributed by atoms with E-state index in [0.29, 0.717) is 24.0 Å². The number of hydrogen-bond acceptors (Lipinski definition) is 4. The van der Waals surface area contributed by atoms with E-state index in [1.54, 1.807) is 0 Å². The summed E-state index contributed by atoms with van der Waals surface area (Å²) in [6.45, 7) is 15.6. The first-order chi connectivity index (χ1) is 9.40. The van der Waals surface area contributed by atoms with Crippen LogP contribution in [0.3, 0.4) is 0 Å². The van der Waals surface area contributed by atoms with E-state index in [1.807, 2.05) is 12.3 Å². The van der Waals surface area contributed by atoms with Gasteiger partial charge in [-0.2, -0.15) is 0 Å². The fourth-order valence-corrected chi connectivity index (χ4v) is 3.02. The second-order valence-corrected chi connectivity index (χ2v) is 6.58. The van der Waals surface area contributed by atoms with Crippen LogP contribution in [0.5, 0.6) is 0 Å². The Morgan fingerprint density at radius 3 is 2.20 bits per heavy atom. The maximum atomic E-state index is 4.76. The molecule has 0 radical (unpaired) electrons. The molecule has 112 valence electrons. The van der Waals surface area contributed by atoms with E-state index in [1.165, 1.54) is 0 Å². The van der Waals surface area contributed by atoms with Gasteiger partial charge in [-0.1, -0.05) is 13.8 Å². The zero-order valence-electron chi connectivity index (χ0n) is 13.7. The first-order valence-corrected chi connectivity index (χ1v) is 7.75. The lowest BCUT2D eigenvalue weighted by Crippen LogP contribution is -2.58. The molecule has 4 heteroatoms. The van der Waals surface area contributed by atoms with Crippen molar-refractivity contribution in [1.29, 1.82) is 0 Å². The smallest absolute Gasteiger partial charge is 0.133 e. The minimum Gasteiger partial charge on any atom is -0.349 e. The Kier molecular flexibility index (Phi) is 4.63. The lowest BCUT2D eigenvalue weighted by atomic mass is 10.1. The van der Waals surface area contributed by atoms with E-state index in [9.17, 15) is 0 Å². The summed E-state index contributed by atoms with van der Waals surface area (Å²) in [5, 5.41) is 0. The fourth-order valence-electron chi connectivity index (χ4n) is 3.02. The van der Waals surface area contributed by atoms with Gasteiger partial charge in [-0.05, 0) is 33.8 Å². The Hall–Kier alpha value is -1.16. The summed E-state index contributed by atoms with van der Waals surface area (Å²) in [6, 6.07) is 3.62. The van der Waals surface area contributed by atoms with Gasteiger partial charge < -0.3 is 4.90 Å². The van der Waals surface area contributed by atoms with Gasteiger partial charge in [-0.3, -0.25) is 4.90 Å². The zero-order valence-corrected chi connectivity index (χ0v) is 13.7. The van der Waals surface area contributed by atoms with Gasteiger partial charge in [0.1, 0.15) is 11.6 Å². The maximum Gasteiger partial charge on any atom is 0.133 e. The molecular formula is C16H28N4. The first kappa shape index (κ1) is 15.2. The van der Waals surface area contributed by atoms with Crippen molar-refractivity contribution in [2.75, 3.05) is 18.0 Å². The second kappa shape index (κ2) is 6.08. The van der Waals surface area contributed by atoms with Gasteiger partial charge in [0.2, 0.25) is 0 Å². The van der Waals surface area contributed by atoms with E-state index in [0.717, 1.165) is 24.7 Å². The molecule has 0 amide bonds. The van der Waals surface area contributed by atoms with Gasteiger partial charge in [0.05, 0.1) is 0 Å². The van der Waals surface area contributed by atoms with Gasteiger partial charge in [-0.25, -0.2) is 9.97 Å². The van der Waals surface area contributed by atoms with E-state index in [4.69, 9.17) is 4.98 Å². The molecule has 4 nitrogen and oxygen atoms in total. The molecule has 2 rings (SSSR count). The summed E-state index contributed by atoms with van der Waals surface area (Å²) in [5.41, 5.74) is 0. The molecule has 1 fully saturated rings. The molecule has 0 N–H and O–H groups in total. The van der Waals surface area contributed by atoms with Gasteiger partial charge in [-0.15, -0.1) is 0 Å². The minimum absolute atomic E-state index is 0.373. The quantitative estimate of drug-likeness (QED) is 0.849. The second-order valence-electron chi connectivity index (χ2n) is 6.58. The van der Waals surface area contributed by atoms with Crippen LogP contribution < -0.4 is 4.90 Å². The average molecular weight is 276 g/mol. The number of rotatable bonds is 3. The highest BCUT2D eigenvalue weighted by atomic mass is 15.3. The SMILES string of the molecule is CC(C)c1nccc(N2C(C)CN(C(C)C)CC2C)n1. The summed E-state index contributed by atoms with van der Waals surface area (Å²) >= 11 is 0. The van der Waals surface area contributed by atoms with Crippen LogP contribution in [-0.4, -0.2) is 46.1 Å². The van der Waals surface area contributed by atoms with Crippen LogP contribution in [0.2, 0.25) is 0 Å². The number of hydrogen-bond donors (Lipinski definition) is 0. The Bertz CT molecular complexity index is 432. The third kappa shape index (κ3) is 3.11. The maximum absolute atomic E-state index is 4.76. The summed E-state index contributed by atoms with van der Waals surface area (Å²) in [4.78, 5) is 14.1. The zero-order chi connectivity index (χ0) is 14.9. The Labute approximate surface area is 123 Å². The molecule has 1 aliphatic heterocycles. The van der Waals surface area contributed by atoms with Crippen LogP contribution in [0.15, 0.2) is 12.3 Å². The lowest BCUT2D eigenvalue weighted by Gasteiger charge is -2.46. The van der Waals surface area contributed by atoms with E-state index in [2.05, 4.69) is 56.3 Å². The molecule has 1 aromatic heterocycles. The molecule has 2 unspecified atom stereocenters. The average Bonchev–Trinajstić information content (AvgIpc) is 2.38. The Morgan fingerprint density at radius 1 is 1.10 bits per heavy atom. The van der Waals surface area contributed by atoms with Crippen LogP contribution in [0.4, 0.5) is 5.82 Å². The molecule has 2 atom stereocenters. The van der Waals surface area contributed by atoms with Crippen molar-refractivity contribution in [3.05, 3.63) is 18.1 Å². The minimum atomic E-state index is 0.373. The molecule has 0 aliphatic carbocycles. The lowest BCUT2D eigenvalue weighted by molar-refractivity contribution is 0.161. The molecule has 20 heavy (non-hydrogen) atoms. The van der Waals surface area contributed by atoms with E-state index < -0.39 is 0 Å². The molecule has 0 bridgehead atoms. The Morgan fingerprint density at radius 2 is 1.70 bits per heavy atom. The monoisotopic (exact) mass is 276 g/mol. The van der Waals surface area contributed by atoms with E-state index in [-0.39, 0.29) is 0 Å². The fraction of sp³-hybridized carbons (Fsp3) is 0.750. The summed E-state index contributed by atoms with van der Waals surface area (Å²) in [5.74, 6) is 2.39. The van der Waals surface area contributed by atoms with Crippen molar-refractivity contribution in [2.24, 2.45) is 0 Å². The van der Waals surface area contributed by atoms with Crippen LogP contribution in [0.25, 0.3) is 0 Å². The van der Waals surface area contributed by atoms with Crippen molar-refractivity contribution in [1.82, 2.24) is 14.9 Å². The molecule has 1 aliphatic rings. The highest BCUT2D eigenvalue weighted by Crippen LogP contribution is 2.24. The normalized spacial score (nSPS) is 24.7. The highest BCUT2D eigenvalue weighted by Gasteiger charge is 2.31. The largest absolute Gasteiger partial charge is 0.349 e. The topological polar surface area (TPSA) is 32.3 Å². The third-order valence-electron chi connectivity index (χ3n) is 4.12. The van der Waals surface area contributed by atoms with Crippen molar-refractivity contribution in [3.63, 3.8) is 0 Å². The van der Waals surface area contributed by atoms with Crippen LogP contribution in [0.1, 0.15) is 53.3 Å². The summed E-state index contributed by atoms with van der Waals surface area (Å²) in [7, 11) is 0. The van der Waals surface area contributed by atoms with Crippen LogP contribution in [-0.2, 0) is 0 Å². The standard InChI is InChI=1S/C16H28N4/c1-11(2)16-17-8-7-15(18-16)20-13(5)9-19(12(3)4)10-14(20)6/h7-8,11-14H,9-10H2,1-6H3. The number of anilines is 1. The predicted molar refractivity (Wildman–Crippen MR) is 84.2 cm³/mol. The predicted octanol–water partition coefficient (Wildman–Crippen LogP) is 2.91. The van der Waals surface area contributed by atoms with Crippen molar-refractivity contribution in [2.45, 2.75) is 65.6 Å². The van der Waals surface area contributed by atoms with Crippen LogP contribution in [0, 0.1) is 0 Å². The molecule has 1 aromatic rings. The van der Waals surface area contributed by atoms with Crippen LogP contribution >= 0.6 is 0 Å². The molecule has 2 heterocycles. The summed E-state index contributed by atoms with van der Waals surface area (Å²) in [6.07, 6.45) is 1.89. The van der Waals surface area contributed by atoms with Gasteiger partial charge in [0.25, 0.3) is 0 Å². The molecule has 0 spiro atoms. The molecule has 0 aromatic carbocycles. The first-order valence-electron chi connectivity index (χ1n) is 7.75. The van der Waals surface area contributed by atoms with Crippen molar-refractivity contribution in [3.8, 4) is 0 Å². The summed E-state index contributed by atoms with van der Waals surface area (Å²) < 4.78 is 0. The van der Waals surface area contributed by atoms with E-state index >= 15 is 0 Å². The third-order valence-corrected chi connectivity index (χ3v) is 4.12. The van der Waals surface area contributed by atoms with Gasteiger partial charge in [0.15, 0.2) is 0 Å². The van der Waals surface area contributed by atoms with Crippen molar-refractivity contribution < 1.29 is 0 Å². The number of nitrogens with zero attached hydrogens (tertiary/aromatic N) is 4. The van der Waals surface area contributed by atoms with Crippen molar-refractivity contribution >= 4 is 5.82 Å². The van der Waals surface area contributed by atoms with Gasteiger partial charge >= 0.3 is 0 Å². The number of piperazine rings is 1. The number of aromatic nitrogens is 2. The van der Waals surface area contributed by atoms with Gasteiger partial charge in [0, 0.05) is 43.3 Å².